The van der Waals surface area contributed by atoms with Gasteiger partial charge < -0.3 is 10.8 Å². The van der Waals surface area contributed by atoms with Crippen LogP contribution in [0.25, 0.3) is 0 Å². The molecule has 2 rings (SSSR count). The van der Waals surface area contributed by atoms with Gasteiger partial charge in [-0.2, -0.15) is 0 Å². The fraction of sp³-hybridized carbons (Fsp3) is 0.154. The van der Waals surface area contributed by atoms with Crippen LogP contribution in [0.1, 0.15) is 20.8 Å². The van der Waals surface area contributed by atoms with E-state index >= 15 is 0 Å². The number of benzene rings is 1. The van der Waals surface area contributed by atoms with Crippen molar-refractivity contribution in [3.05, 3.63) is 46.3 Å². The maximum atomic E-state index is 10.9. The van der Waals surface area contributed by atoms with E-state index in [1.165, 1.54) is 21.8 Å². The largest absolute Gasteiger partial charge is 0.478 e. The summed E-state index contributed by atoms with van der Waals surface area (Å²) in [6, 6.07) is 9.91. The average Bonchev–Trinajstić information content (AvgIpc) is 2.70. The molecular formula is C13H13NO2S2. The van der Waals surface area contributed by atoms with Gasteiger partial charge in [0, 0.05) is 15.5 Å². The first-order chi connectivity index (χ1) is 8.56. The maximum absolute atomic E-state index is 10.9. The van der Waals surface area contributed by atoms with E-state index in [4.69, 9.17) is 10.8 Å². The van der Waals surface area contributed by atoms with Crippen molar-refractivity contribution >= 4 is 34.1 Å². The van der Waals surface area contributed by atoms with Gasteiger partial charge in [0.25, 0.3) is 0 Å². The highest BCUT2D eigenvalue weighted by atomic mass is 32.2. The summed E-state index contributed by atoms with van der Waals surface area (Å²) >= 11 is 3.02. The van der Waals surface area contributed by atoms with Crippen LogP contribution in [0, 0.1) is 6.92 Å². The van der Waals surface area contributed by atoms with Gasteiger partial charge in [0.1, 0.15) is 5.00 Å². The van der Waals surface area contributed by atoms with Gasteiger partial charge >= 0.3 is 5.97 Å². The van der Waals surface area contributed by atoms with Crippen LogP contribution in [-0.4, -0.2) is 11.1 Å². The molecule has 18 heavy (non-hydrogen) atoms. The molecule has 0 amide bonds. The van der Waals surface area contributed by atoms with E-state index < -0.39 is 5.97 Å². The highest BCUT2D eigenvalue weighted by Crippen LogP contribution is 2.31. The third-order valence-corrected chi connectivity index (χ3v) is 4.65. The Morgan fingerprint density at radius 1 is 1.39 bits per heavy atom. The van der Waals surface area contributed by atoms with E-state index in [0.717, 1.165) is 10.6 Å². The standard InChI is InChI=1S/C13H13NO2S2/c1-8-2-4-9(5-3-8)17-7-10-6-11(13(15)16)12(14)18-10/h2-6H,7,14H2,1H3,(H,15,16). The number of aromatic carboxylic acids is 1. The molecule has 0 saturated heterocycles. The van der Waals surface area contributed by atoms with Gasteiger partial charge in [0.2, 0.25) is 0 Å². The van der Waals surface area contributed by atoms with Crippen LogP contribution in [0.2, 0.25) is 0 Å². The Morgan fingerprint density at radius 3 is 2.61 bits per heavy atom. The second-order valence-electron chi connectivity index (χ2n) is 3.90. The number of nitrogen functional groups attached to an aromatic ring is 1. The molecule has 0 radical (unpaired) electrons. The minimum Gasteiger partial charge on any atom is -0.478 e. The zero-order valence-electron chi connectivity index (χ0n) is 9.84. The summed E-state index contributed by atoms with van der Waals surface area (Å²) in [5.74, 6) is -0.221. The Balaban J connectivity index is 2.04. The van der Waals surface area contributed by atoms with Gasteiger partial charge in [0.05, 0.1) is 5.56 Å². The lowest BCUT2D eigenvalue weighted by Gasteiger charge is -1.99. The highest BCUT2D eigenvalue weighted by molar-refractivity contribution is 7.98. The van der Waals surface area contributed by atoms with Gasteiger partial charge in [-0.1, -0.05) is 17.7 Å². The Hall–Kier alpha value is -1.46. The smallest absolute Gasteiger partial charge is 0.338 e. The number of carboxylic acid groups (broad SMARTS) is 1. The molecule has 0 spiro atoms. The van der Waals surface area contributed by atoms with Crippen molar-refractivity contribution in [1.82, 2.24) is 0 Å². The summed E-state index contributed by atoms with van der Waals surface area (Å²) in [4.78, 5) is 13.0. The summed E-state index contributed by atoms with van der Waals surface area (Å²) in [7, 11) is 0. The van der Waals surface area contributed by atoms with E-state index in [9.17, 15) is 4.79 Å². The summed E-state index contributed by atoms with van der Waals surface area (Å²) in [6.45, 7) is 2.05. The van der Waals surface area contributed by atoms with Crippen LogP contribution in [0.5, 0.6) is 0 Å². The van der Waals surface area contributed by atoms with E-state index in [2.05, 4.69) is 24.3 Å². The quantitative estimate of drug-likeness (QED) is 0.839. The first kappa shape index (κ1) is 13.0. The summed E-state index contributed by atoms with van der Waals surface area (Å²) < 4.78 is 0. The van der Waals surface area contributed by atoms with Crippen LogP contribution in [0.4, 0.5) is 5.00 Å². The number of carboxylic acids is 1. The molecule has 0 aliphatic rings. The van der Waals surface area contributed by atoms with Crippen molar-refractivity contribution in [3.63, 3.8) is 0 Å². The Kier molecular flexibility index (Phi) is 3.93. The molecule has 1 aromatic heterocycles. The van der Waals surface area contributed by atoms with Crippen LogP contribution in [0.3, 0.4) is 0 Å². The maximum Gasteiger partial charge on any atom is 0.338 e. The molecule has 94 valence electrons. The van der Waals surface area contributed by atoms with E-state index in [1.54, 1.807) is 17.8 Å². The zero-order chi connectivity index (χ0) is 13.1. The van der Waals surface area contributed by atoms with Crippen molar-refractivity contribution in [2.75, 3.05) is 5.73 Å². The molecule has 0 saturated carbocycles. The second kappa shape index (κ2) is 5.46. The molecule has 1 aromatic carbocycles. The van der Waals surface area contributed by atoms with Crippen molar-refractivity contribution in [2.24, 2.45) is 0 Å². The van der Waals surface area contributed by atoms with Crippen LogP contribution in [-0.2, 0) is 5.75 Å². The molecule has 0 fully saturated rings. The first-order valence-corrected chi connectivity index (χ1v) is 7.17. The number of hydrogen-bond acceptors (Lipinski definition) is 4. The van der Waals surface area contributed by atoms with Crippen molar-refractivity contribution in [1.29, 1.82) is 0 Å². The minimum absolute atomic E-state index is 0.208. The molecular weight excluding hydrogens is 266 g/mol. The zero-order valence-corrected chi connectivity index (χ0v) is 11.5. The molecule has 0 unspecified atom stereocenters. The Bertz CT molecular complexity index is 561. The number of carbonyl (C=O) groups is 1. The second-order valence-corrected chi connectivity index (χ2v) is 6.11. The molecule has 3 N–H and O–H groups in total. The van der Waals surface area contributed by atoms with Gasteiger partial charge in [-0.25, -0.2) is 4.79 Å². The first-order valence-electron chi connectivity index (χ1n) is 5.37. The summed E-state index contributed by atoms with van der Waals surface area (Å²) in [6.07, 6.45) is 0. The normalized spacial score (nSPS) is 10.5. The molecule has 1 heterocycles. The third kappa shape index (κ3) is 3.05. The lowest BCUT2D eigenvalue weighted by Crippen LogP contribution is -1.97. The highest BCUT2D eigenvalue weighted by Gasteiger charge is 2.12. The lowest BCUT2D eigenvalue weighted by atomic mass is 10.2. The van der Waals surface area contributed by atoms with Gasteiger partial charge in [-0.05, 0) is 25.1 Å². The number of hydrogen-bond donors (Lipinski definition) is 2. The average molecular weight is 279 g/mol. The predicted molar refractivity (Wildman–Crippen MR) is 76.4 cm³/mol. The molecule has 0 aliphatic carbocycles. The summed E-state index contributed by atoms with van der Waals surface area (Å²) in [5, 5.41) is 9.29. The van der Waals surface area contributed by atoms with Crippen molar-refractivity contribution < 1.29 is 9.90 Å². The van der Waals surface area contributed by atoms with Crippen molar-refractivity contribution in [2.45, 2.75) is 17.6 Å². The van der Waals surface area contributed by atoms with Gasteiger partial charge in [0.15, 0.2) is 0 Å². The molecule has 0 atom stereocenters. The third-order valence-electron chi connectivity index (χ3n) is 2.44. The topological polar surface area (TPSA) is 63.3 Å². The van der Waals surface area contributed by atoms with E-state index in [0.29, 0.717) is 5.00 Å². The molecule has 3 nitrogen and oxygen atoms in total. The number of nitrogens with two attached hydrogens (primary N) is 1. The van der Waals surface area contributed by atoms with Crippen molar-refractivity contribution in [3.8, 4) is 0 Å². The predicted octanol–water partition coefficient (Wildman–Crippen LogP) is 3.63. The fourth-order valence-corrected chi connectivity index (χ4v) is 3.33. The SMILES string of the molecule is Cc1ccc(SCc2cc(C(=O)O)c(N)s2)cc1. The lowest BCUT2D eigenvalue weighted by molar-refractivity contribution is 0.0698. The monoisotopic (exact) mass is 279 g/mol. The number of thiophene rings is 1. The van der Waals surface area contributed by atoms with Crippen LogP contribution < -0.4 is 5.73 Å². The Labute approximate surface area is 114 Å². The van der Waals surface area contributed by atoms with Crippen LogP contribution in [0.15, 0.2) is 35.2 Å². The van der Waals surface area contributed by atoms with Gasteiger partial charge in [-0.15, -0.1) is 23.1 Å². The number of anilines is 1. The van der Waals surface area contributed by atoms with Crippen LogP contribution >= 0.6 is 23.1 Å². The number of aryl methyl sites for hydroxylation is 1. The number of thioether (sulfide) groups is 1. The minimum atomic E-state index is -0.963. The molecule has 0 bridgehead atoms. The molecule has 2 aromatic rings. The fourth-order valence-electron chi connectivity index (χ4n) is 1.49. The Morgan fingerprint density at radius 2 is 2.06 bits per heavy atom. The van der Waals surface area contributed by atoms with Gasteiger partial charge in [-0.3, -0.25) is 0 Å². The summed E-state index contributed by atoms with van der Waals surface area (Å²) in [5.41, 5.74) is 7.10. The van der Waals surface area contributed by atoms with E-state index in [-0.39, 0.29) is 5.56 Å². The number of rotatable bonds is 4. The van der Waals surface area contributed by atoms with E-state index in [1.807, 2.05) is 6.92 Å². The molecule has 0 aliphatic heterocycles. The molecule has 5 heteroatoms.